The van der Waals surface area contributed by atoms with Crippen molar-refractivity contribution in [2.24, 2.45) is 0 Å². The first-order valence-corrected chi connectivity index (χ1v) is 7.41. The molecule has 2 N–H and O–H groups in total. The van der Waals surface area contributed by atoms with Gasteiger partial charge in [0.05, 0.1) is 10.7 Å². The molecule has 0 radical (unpaired) electrons. The highest BCUT2D eigenvalue weighted by molar-refractivity contribution is 6.35. The molecule has 22 heavy (non-hydrogen) atoms. The van der Waals surface area contributed by atoms with Gasteiger partial charge in [0.25, 0.3) is 5.91 Å². The molecule has 0 fully saturated rings. The monoisotopic (exact) mass is 336 g/mol. The second-order valence-electron chi connectivity index (χ2n) is 4.56. The van der Waals surface area contributed by atoms with Crippen LogP contribution in [0, 0.1) is 0 Å². The van der Waals surface area contributed by atoms with Gasteiger partial charge in [-0.25, -0.2) is 0 Å². The van der Waals surface area contributed by atoms with Crippen LogP contribution in [0.15, 0.2) is 42.5 Å². The minimum atomic E-state index is -0.308. The second kappa shape index (κ2) is 7.29. The Labute approximate surface area is 138 Å². The lowest BCUT2D eigenvalue weighted by molar-refractivity contribution is -0.115. The van der Waals surface area contributed by atoms with E-state index in [-0.39, 0.29) is 11.8 Å². The van der Waals surface area contributed by atoms with Gasteiger partial charge in [0, 0.05) is 22.7 Å². The standard InChI is InChI=1S/C16H14Cl2N2O2/c1-2-15(21)19-12-6-3-10(4-7-12)16(22)20-14-9-11(17)5-8-13(14)18/h3-9H,2H2,1H3,(H,19,21)(H,20,22). The van der Waals surface area contributed by atoms with Gasteiger partial charge in [0.2, 0.25) is 5.91 Å². The van der Waals surface area contributed by atoms with Crippen LogP contribution in [-0.2, 0) is 4.79 Å². The fourth-order valence-corrected chi connectivity index (χ4v) is 2.08. The van der Waals surface area contributed by atoms with Gasteiger partial charge in [0.15, 0.2) is 0 Å². The summed E-state index contributed by atoms with van der Waals surface area (Å²) >= 11 is 11.9. The van der Waals surface area contributed by atoms with Crippen molar-refractivity contribution in [3.8, 4) is 0 Å². The Hall–Kier alpha value is -2.04. The Balaban J connectivity index is 2.09. The predicted molar refractivity (Wildman–Crippen MR) is 89.8 cm³/mol. The van der Waals surface area contributed by atoms with Crippen LogP contribution >= 0.6 is 23.2 Å². The van der Waals surface area contributed by atoms with Gasteiger partial charge >= 0.3 is 0 Å². The van der Waals surface area contributed by atoms with Crippen LogP contribution in [0.5, 0.6) is 0 Å². The van der Waals surface area contributed by atoms with E-state index in [1.165, 1.54) is 0 Å². The summed E-state index contributed by atoms with van der Waals surface area (Å²) < 4.78 is 0. The Kier molecular flexibility index (Phi) is 5.41. The average Bonchev–Trinajstić information content (AvgIpc) is 2.51. The van der Waals surface area contributed by atoms with Crippen LogP contribution in [0.2, 0.25) is 10.0 Å². The van der Waals surface area contributed by atoms with Crippen molar-refractivity contribution >= 4 is 46.4 Å². The van der Waals surface area contributed by atoms with Gasteiger partial charge in [-0.05, 0) is 42.5 Å². The van der Waals surface area contributed by atoms with E-state index < -0.39 is 0 Å². The van der Waals surface area contributed by atoms with Gasteiger partial charge < -0.3 is 10.6 Å². The molecule has 0 bridgehead atoms. The zero-order valence-corrected chi connectivity index (χ0v) is 13.3. The second-order valence-corrected chi connectivity index (χ2v) is 5.40. The summed E-state index contributed by atoms with van der Waals surface area (Å²) in [5.74, 6) is -0.388. The molecular weight excluding hydrogens is 323 g/mol. The molecule has 0 atom stereocenters. The molecular formula is C16H14Cl2N2O2. The summed E-state index contributed by atoms with van der Waals surface area (Å²) in [6.45, 7) is 1.77. The van der Waals surface area contributed by atoms with Crippen molar-refractivity contribution in [1.29, 1.82) is 0 Å². The van der Waals surface area contributed by atoms with Crippen molar-refractivity contribution in [2.45, 2.75) is 13.3 Å². The number of benzene rings is 2. The quantitative estimate of drug-likeness (QED) is 0.857. The van der Waals surface area contributed by atoms with E-state index in [4.69, 9.17) is 23.2 Å². The first kappa shape index (κ1) is 16.3. The van der Waals surface area contributed by atoms with Gasteiger partial charge in [-0.15, -0.1) is 0 Å². The zero-order valence-electron chi connectivity index (χ0n) is 11.8. The summed E-state index contributed by atoms with van der Waals surface area (Å²) in [4.78, 5) is 23.5. The first-order chi connectivity index (χ1) is 10.5. The van der Waals surface area contributed by atoms with E-state index in [2.05, 4.69) is 10.6 Å². The third-order valence-electron chi connectivity index (χ3n) is 2.93. The molecule has 0 spiro atoms. The minimum absolute atomic E-state index is 0.0806. The summed E-state index contributed by atoms with van der Waals surface area (Å²) in [6, 6.07) is 11.4. The molecule has 0 saturated carbocycles. The molecule has 6 heteroatoms. The number of amides is 2. The Morgan fingerprint density at radius 3 is 2.32 bits per heavy atom. The topological polar surface area (TPSA) is 58.2 Å². The summed E-state index contributed by atoms with van der Waals surface area (Å²) in [5, 5.41) is 6.30. The number of hydrogen-bond acceptors (Lipinski definition) is 2. The minimum Gasteiger partial charge on any atom is -0.326 e. The number of hydrogen-bond donors (Lipinski definition) is 2. The lowest BCUT2D eigenvalue weighted by Crippen LogP contribution is -2.13. The molecule has 2 aromatic rings. The Morgan fingerprint density at radius 2 is 1.68 bits per heavy atom. The van der Waals surface area contributed by atoms with Gasteiger partial charge in [-0.2, -0.15) is 0 Å². The fraction of sp³-hybridized carbons (Fsp3) is 0.125. The Morgan fingerprint density at radius 1 is 1.00 bits per heavy atom. The largest absolute Gasteiger partial charge is 0.326 e. The average molecular weight is 337 g/mol. The summed E-state index contributed by atoms with van der Waals surface area (Å²) in [6.07, 6.45) is 0.398. The van der Waals surface area contributed by atoms with Gasteiger partial charge in [-0.1, -0.05) is 30.1 Å². The molecule has 2 rings (SSSR count). The van der Waals surface area contributed by atoms with E-state index in [0.29, 0.717) is 33.4 Å². The van der Waals surface area contributed by atoms with Gasteiger partial charge in [-0.3, -0.25) is 9.59 Å². The van der Waals surface area contributed by atoms with Crippen LogP contribution in [0.3, 0.4) is 0 Å². The number of carbonyl (C=O) groups is 2. The number of nitrogens with one attached hydrogen (secondary N) is 2. The summed E-state index contributed by atoms with van der Waals surface area (Å²) in [7, 11) is 0. The van der Waals surface area contributed by atoms with E-state index in [0.717, 1.165) is 0 Å². The molecule has 0 aliphatic heterocycles. The van der Waals surface area contributed by atoms with Crippen molar-refractivity contribution in [2.75, 3.05) is 10.6 Å². The molecule has 0 aliphatic rings. The van der Waals surface area contributed by atoms with E-state index in [1.54, 1.807) is 49.4 Å². The van der Waals surface area contributed by atoms with Crippen LogP contribution in [0.25, 0.3) is 0 Å². The first-order valence-electron chi connectivity index (χ1n) is 6.66. The fourth-order valence-electron chi connectivity index (χ4n) is 1.74. The highest BCUT2D eigenvalue weighted by Crippen LogP contribution is 2.26. The van der Waals surface area contributed by atoms with Crippen molar-refractivity contribution in [1.82, 2.24) is 0 Å². The molecule has 0 heterocycles. The maximum Gasteiger partial charge on any atom is 0.255 e. The molecule has 2 amide bonds. The van der Waals surface area contributed by atoms with E-state index >= 15 is 0 Å². The molecule has 0 saturated heterocycles. The highest BCUT2D eigenvalue weighted by atomic mass is 35.5. The van der Waals surface area contributed by atoms with E-state index in [1.807, 2.05) is 0 Å². The molecule has 0 aliphatic carbocycles. The highest BCUT2D eigenvalue weighted by Gasteiger charge is 2.09. The van der Waals surface area contributed by atoms with Crippen molar-refractivity contribution in [3.05, 3.63) is 58.1 Å². The lowest BCUT2D eigenvalue weighted by Gasteiger charge is -2.09. The zero-order chi connectivity index (χ0) is 16.1. The van der Waals surface area contributed by atoms with Crippen molar-refractivity contribution < 1.29 is 9.59 Å². The molecule has 114 valence electrons. The maximum absolute atomic E-state index is 12.2. The number of anilines is 2. The SMILES string of the molecule is CCC(=O)Nc1ccc(C(=O)Nc2cc(Cl)ccc2Cl)cc1. The number of rotatable bonds is 4. The normalized spacial score (nSPS) is 10.1. The van der Waals surface area contributed by atoms with E-state index in [9.17, 15) is 9.59 Å². The molecule has 2 aromatic carbocycles. The number of carbonyl (C=O) groups excluding carboxylic acids is 2. The van der Waals surface area contributed by atoms with Crippen LogP contribution in [0.4, 0.5) is 11.4 Å². The maximum atomic E-state index is 12.2. The molecule has 0 aromatic heterocycles. The number of halogens is 2. The van der Waals surface area contributed by atoms with Crippen LogP contribution in [-0.4, -0.2) is 11.8 Å². The molecule has 4 nitrogen and oxygen atoms in total. The smallest absolute Gasteiger partial charge is 0.255 e. The van der Waals surface area contributed by atoms with Gasteiger partial charge in [0.1, 0.15) is 0 Å². The summed E-state index contributed by atoms with van der Waals surface area (Å²) in [5.41, 5.74) is 1.54. The van der Waals surface area contributed by atoms with Crippen molar-refractivity contribution in [3.63, 3.8) is 0 Å². The lowest BCUT2D eigenvalue weighted by atomic mass is 10.2. The predicted octanol–water partition coefficient (Wildman–Crippen LogP) is 4.59. The molecule has 0 unspecified atom stereocenters. The Bertz CT molecular complexity index is 700. The van der Waals surface area contributed by atoms with Crippen LogP contribution < -0.4 is 10.6 Å². The van der Waals surface area contributed by atoms with Crippen LogP contribution in [0.1, 0.15) is 23.7 Å². The third-order valence-corrected chi connectivity index (χ3v) is 3.49. The third kappa shape index (κ3) is 4.23.